The summed E-state index contributed by atoms with van der Waals surface area (Å²) in [6.07, 6.45) is 0. The molecule has 0 saturated heterocycles. The van der Waals surface area contributed by atoms with E-state index >= 15 is 4.79 Å². The minimum Gasteiger partial charge on any atom is -0.309 e. The van der Waals surface area contributed by atoms with E-state index in [1.807, 2.05) is 36.4 Å². The monoisotopic (exact) mass is 939 g/mol. The minimum absolute atomic E-state index is 0.0108. The number of allylic oxidation sites excluding steroid dienone is 4. The first-order valence-corrected chi connectivity index (χ1v) is 25.7. The summed E-state index contributed by atoms with van der Waals surface area (Å²) >= 11 is 0. The fourth-order valence-electron chi connectivity index (χ4n) is 11.0. The summed E-state index contributed by atoms with van der Waals surface area (Å²) < 4.78 is 4.82. The number of aromatic nitrogens is 2. The van der Waals surface area contributed by atoms with Crippen molar-refractivity contribution in [2.45, 2.75) is 105 Å². The first-order chi connectivity index (χ1) is 34.2. The van der Waals surface area contributed by atoms with Crippen molar-refractivity contribution >= 4 is 71.7 Å². The Morgan fingerprint density at radius 3 is 0.778 bits per heavy atom. The zero-order valence-electron chi connectivity index (χ0n) is 44.1. The van der Waals surface area contributed by atoms with E-state index in [9.17, 15) is 0 Å². The largest absolute Gasteiger partial charge is 0.309 e. The van der Waals surface area contributed by atoms with Gasteiger partial charge in [-0.25, -0.2) is 0 Å². The fourth-order valence-corrected chi connectivity index (χ4v) is 11.0. The third-order valence-electron chi connectivity index (χ3n) is 15.2. The van der Waals surface area contributed by atoms with Crippen molar-refractivity contribution in [1.29, 1.82) is 0 Å². The lowest BCUT2D eigenvalue weighted by atomic mass is 9.85. The standard InChI is InChI=1S/C69H66N2O/c1-66(2,3)47-27-35-57-53(39-47)54-40-48(67(4,5)6)28-36-58(54)70(57)51-31-23-45(24-32-51)61-62(64(44-21-17-14-18-22-44)65(72)63(61)43-19-15-13-16-20-43)46-25-33-52(34-26-46)71-59-37-29-49(68(7,8)9)41-55(59)56-42-50(69(10,11)12)30-38-60(56)71/h13-42H,1-12H3. The van der Waals surface area contributed by atoms with Crippen LogP contribution in [0.1, 0.15) is 128 Å². The molecule has 0 fully saturated rings. The molecule has 0 aliphatic heterocycles. The molecule has 2 heterocycles. The first-order valence-electron chi connectivity index (χ1n) is 25.7. The predicted molar refractivity (Wildman–Crippen MR) is 308 cm³/mol. The second-order valence-corrected chi connectivity index (χ2v) is 24.3. The van der Waals surface area contributed by atoms with Gasteiger partial charge in [0.1, 0.15) is 0 Å². The van der Waals surface area contributed by atoms with Gasteiger partial charge >= 0.3 is 0 Å². The molecule has 358 valence electrons. The lowest BCUT2D eigenvalue weighted by Crippen LogP contribution is -2.10. The molecule has 0 amide bonds. The summed E-state index contributed by atoms with van der Waals surface area (Å²) in [6.45, 7) is 27.4. The van der Waals surface area contributed by atoms with Crippen LogP contribution in [-0.2, 0) is 26.5 Å². The lowest BCUT2D eigenvalue weighted by molar-refractivity contribution is -0.108. The van der Waals surface area contributed by atoms with Gasteiger partial charge < -0.3 is 9.13 Å². The summed E-state index contributed by atoms with van der Waals surface area (Å²) in [5.41, 5.74) is 19.3. The topological polar surface area (TPSA) is 26.9 Å². The summed E-state index contributed by atoms with van der Waals surface area (Å²) in [5, 5.41) is 5.04. The number of Topliss-reactive ketones (excluding diaryl/α,β-unsaturated/α-hetero) is 1. The minimum atomic E-state index is 0.0108. The van der Waals surface area contributed by atoms with Gasteiger partial charge in [0, 0.05) is 55.2 Å². The zero-order chi connectivity index (χ0) is 50.6. The van der Waals surface area contributed by atoms with E-state index in [2.05, 4.69) is 238 Å². The molecule has 8 aromatic carbocycles. The van der Waals surface area contributed by atoms with Gasteiger partial charge in [-0.05, 0) is 139 Å². The SMILES string of the molecule is CC(C)(C)c1ccc2c(c1)c1cc(C(C)(C)C)ccc1n2-c1ccc(C2=C(c3ccccc3)C(=O)C(c3ccccc3)=C2c2ccc(-n3c4ccc(C(C)(C)C)cc4c4cc(C(C)(C)C)ccc43)cc2)cc1. The molecule has 0 saturated carbocycles. The molecule has 0 atom stereocenters. The lowest BCUT2D eigenvalue weighted by Gasteiger charge is -2.19. The number of rotatable bonds is 6. The zero-order valence-corrected chi connectivity index (χ0v) is 44.1. The van der Waals surface area contributed by atoms with E-state index < -0.39 is 0 Å². The van der Waals surface area contributed by atoms with Crippen molar-refractivity contribution < 1.29 is 4.79 Å². The molecule has 0 bridgehead atoms. The Balaban J connectivity index is 1.10. The van der Waals surface area contributed by atoms with Gasteiger partial charge in [0.05, 0.1) is 22.1 Å². The maximum atomic E-state index is 15.4. The highest BCUT2D eigenvalue weighted by atomic mass is 16.1. The van der Waals surface area contributed by atoms with E-state index in [-0.39, 0.29) is 27.4 Å². The number of fused-ring (bicyclic) bond motifs is 6. The third kappa shape index (κ3) is 7.95. The Morgan fingerprint density at radius 1 is 0.278 bits per heavy atom. The summed E-state index contributed by atoms with van der Waals surface area (Å²) in [7, 11) is 0. The fraction of sp³-hybridized carbons (Fsp3) is 0.232. The van der Waals surface area contributed by atoms with Crippen LogP contribution in [0.2, 0.25) is 0 Å². The summed E-state index contributed by atoms with van der Waals surface area (Å²) in [5.74, 6) is 0.0314. The van der Waals surface area contributed by atoms with Crippen LogP contribution in [0.5, 0.6) is 0 Å². The Hall–Kier alpha value is -7.49. The van der Waals surface area contributed by atoms with E-state index in [1.165, 1.54) is 65.9 Å². The predicted octanol–water partition coefficient (Wildman–Crippen LogP) is 18.2. The van der Waals surface area contributed by atoms with Crippen molar-refractivity contribution in [2.24, 2.45) is 0 Å². The number of benzene rings is 8. The van der Waals surface area contributed by atoms with Gasteiger partial charge in [-0.3, -0.25) is 4.79 Å². The number of carbonyl (C=O) groups is 1. The maximum absolute atomic E-state index is 15.4. The van der Waals surface area contributed by atoms with Crippen LogP contribution < -0.4 is 0 Å². The van der Waals surface area contributed by atoms with Crippen LogP contribution in [0.4, 0.5) is 0 Å². The van der Waals surface area contributed by atoms with Crippen molar-refractivity contribution in [3.8, 4) is 11.4 Å². The molecule has 10 aromatic rings. The summed E-state index contributed by atoms with van der Waals surface area (Å²) in [6, 6.07) is 66.3. The Kier molecular flexibility index (Phi) is 10.9. The average molecular weight is 939 g/mol. The highest BCUT2D eigenvalue weighted by Gasteiger charge is 2.36. The first kappa shape index (κ1) is 46.9. The number of ketones is 1. The van der Waals surface area contributed by atoms with E-state index in [0.29, 0.717) is 11.1 Å². The van der Waals surface area contributed by atoms with Crippen LogP contribution in [0.25, 0.3) is 77.3 Å². The highest BCUT2D eigenvalue weighted by molar-refractivity contribution is 6.59. The van der Waals surface area contributed by atoms with Gasteiger partial charge in [-0.15, -0.1) is 0 Å². The van der Waals surface area contributed by atoms with Crippen molar-refractivity contribution in [3.05, 3.63) is 226 Å². The van der Waals surface area contributed by atoms with Crippen molar-refractivity contribution in [1.82, 2.24) is 9.13 Å². The number of carbonyl (C=O) groups excluding carboxylic acids is 1. The smallest absolute Gasteiger partial charge is 0.195 e. The number of hydrogen-bond donors (Lipinski definition) is 0. The molecule has 1 aliphatic rings. The van der Waals surface area contributed by atoms with Crippen LogP contribution in [0.3, 0.4) is 0 Å². The number of nitrogens with zero attached hydrogens (tertiary/aromatic N) is 2. The normalized spacial score (nSPS) is 14.0. The molecule has 72 heavy (non-hydrogen) atoms. The van der Waals surface area contributed by atoms with Gasteiger partial charge in [-0.1, -0.05) is 192 Å². The summed E-state index contributed by atoms with van der Waals surface area (Å²) in [4.78, 5) is 15.4. The third-order valence-corrected chi connectivity index (χ3v) is 15.2. The molecule has 0 N–H and O–H groups in total. The molecule has 2 aromatic heterocycles. The van der Waals surface area contributed by atoms with E-state index in [4.69, 9.17) is 0 Å². The molecule has 11 rings (SSSR count). The Morgan fingerprint density at radius 2 is 0.528 bits per heavy atom. The molecule has 0 spiro atoms. The van der Waals surface area contributed by atoms with E-state index in [0.717, 1.165) is 44.8 Å². The average Bonchev–Trinajstić information content (AvgIpc) is 3.97. The van der Waals surface area contributed by atoms with Crippen LogP contribution in [-0.4, -0.2) is 14.9 Å². The van der Waals surface area contributed by atoms with Crippen LogP contribution >= 0.6 is 0 Å². The molecular formula is C69H66N2O. The van der Waals surface area contributed by atoms with Crippen molar-refractivity contribution in [3.63, 3.8) is 0 Å². The van der Waals surface area contributed by atoms with Crippen LogP contribution in [0.15, 0.2) is 182 Å². The quantitative estimate of drug-likeness (QED) is 0.163. The molecule has 0 unspecified atom stereocenters. The number of hydrogen-bond acceptors (Lipinski definition) is 1. The maximum Gasteiger partial charge on any atom is 0.195 e. The molecule has 3 heteroatoms. The van der Waals surface area contributed by atoms with Gasteiger partial charge in [0.2, 0.25) is 0 Å². The van der Waals surface area contributed by atoms with E-state index in [1.54, 1.807) is 0 Å². The second kappa shape index (κ2) is 16.8. The highest BCUT2D eigenvalue weighted by Crippen LogP contribution is 2.50. The van der Waals surface area contributed by atoms with Crippen LogP contribution in [0, 0.1) is 0 Å². The van der Waals surface area contributed by atoms with Gasteiger partial charge in [-0.2, -0.15) is 0 Å². The second-order valence-electron chi connectivity index (χ2n) is 24.3. The van der Waals surface area contributed by atoms with Gasteiger partial charge in [0.25, 0.3) is 0 Å². The molecule has 1 aliphatic carbocycles. The van der Waals surface area contributed by atoms with Crippen molar-refractivity contribution in [2.75, 3.05) is 0 Å². The Bertz CT molecular complexity index is 3450. The van der Waals surface area contributed by atoms with Gasteiger partial charge in [0.15, 0.2) is 5.78 Å². The molecule has 0 radical (unpaired) electrons. The molecular weight excluding hydrogens is 873 g/mol. The Labute approximate surface area is 426 Å². The molecule has 3 nitrogen and oxygen atoms in total.